The van der Waals surface area contributed by atoms with Gasteiger partial charge in [0.2, 0.25) is 0 Å². The van der Waals surface area contributed by atoms with Crippen LogP contribution in [0.25, 0.3) is 11.1 Å². The Labute approximate surface area is 147 Å². The quantitative estimate of drug-likeness (QED) is 0.582. The van der Waals surface area contributed by atoms with Crippen molar-refractivity contribution in [2.45, 2.75) is 30.7 Å². The normalized spacial score (nSPS) is 13.0. The summed E-state index contributed by atoms with van der Waals surface area (Å²) in [7, 11) is 1.66. The van der Waals surface area contributed by atoms with E-state index in [9.17, 15) is 5.26 Å². The fraction of sp³-hybridized carbons (Fsp3) is 0.300. The van der Waals surface area contributed by atoms with Crippen molar-refractivity contribution in [2.24, 2.45) is 0 Å². The van der Waals surface area contributed by atoms with Crippen LogP contribution < -0.4 is 4.74 Å². The van der Waals surface area contributed by atoms with Gasteiger partial charge in [-0.1, -0.05) is 18.2 Å². The molecule has 0 spiro atoms. The van der Waals surface area contributed by atoms with Crippen LogP contribution in [0.3, 0.4) is 0 Å². The summed E-state index contributed by atoms with van der Waals surface area (Å²) in [5.41, 5.74) is 5.20. The number of methoxy groups -OCH3 is 1. The third-order valence-corrected chi connectivity index (χ3v) is 5.24. The van der Waals surface area contributed by atoms with Crippen LogP contribution in [0.2, 0.25) is 0 Å². The Bertz CT molecular complexity index is 791. The van der Waals surface area contributed by atoms with Crippen LogP contribution >= 0.6 is 11.8 Å². The third kappa shape index (κ3) is 3.18. The minimum atomic E-state index is 0.688. The Balaban J connectivity index is 2.20. The average Bonchev–Trinajstić information content (AvgIpc) is 2.65. The maximum absolute atomic E-state index is 9.81. The maximum Gasteiger partial charge on any atom is 0.118 e. The van der Waals surface area contributed by atoms with E-state index >= 15 is 0 Å². The third-order valence-electron chi connectivity index (χ3n) is 4.27. The number of hydrogen-bond acceptors (Lipinski definition) is 4. The van der Waals surface area contributed by atoms with Crippen molar-refractivity contribution in [3.05, 3.63) is 53.7 Å². The predicted molar refractivity (Wildman–Crippen MR) is 98.5 cm³/mol. The number of benzene rings is 1. The molecule has 1 aromatic heterocycles. The van der Waals surface area contributed by atoms with E-state index in [4.69, 9.17) is 9.72 Å². The molecule has 1 heterocycles. The first-order valence-electron chi connectivity index (χ1n) is 8.12. The molecule has 2 aromatic rings. The van der Waals surface area contributed by atoms with Gasteiger partial charge in [-0.2, -0.15) is 5.26 Å². The van der Waals surface area contributed by atoms with Gasteiger partial charge >= 0.3 is 0 Å². The first-order chi connectivity index (χ1) is 11.8. The van der Waals surface area contributed by atoms with Crippen molar-refractivity contribution in [3.63, 3.8) is 0 Å². The van der Waals surface area contributed by atoms with Crippen molar-refractivity contribution >= 4 is 11.8 Å². The number of nitrogens with zero attached hydrogens (tertiary/aromatic N) is 2. The molecule has 0 unspecified atom stereocenters. The first kappa shape index (κ1) is 16.6. The number of nitriles is 1. The number of hydrogen-bond donors (Lipinski definition) is 0. The van der Waals surface area contributed by atoms with Gasteiger partial charge in [0.1, 0.15) is 16.8 Å². The molecule has 3 rings (SSSR count). The van der Waals surface area contributed by atoms with Gasteiger partial charge in [0.15, 0.2) is 0 Å². The summed E-state index contributed by atoms with van der Waals surface area (Å²) in [6, 6.07) is 10.4. The molecule has 1 aliphatic carbocycles. The number of pyridine rings is 1. The van der Waals surface area contributed by atoms with Crippen LogP contribution in [0, 0.1) is 11.3 Å². The molecule has 4 heteroatoms. The molecule has 0 radical (unpaired) electrons. The number of rotatable bonds is 5. The van der Waals surface area contributed by atoms with Crippen molar-refractivity contribution in [2.75, 3.05) is 12.9 Å². The molecule has 0 atom stereocenters. The van der Waals surface area contributed by atoms with Gasteiger partial charge in [-0.25, -0.2) is 4.98 Å². The lowest BCUT2D eigenvalue weighted by Gasteiger charge is -2.22. The molecular weight excluding hydrogens is 316 g/mol. The summed E-state index contributed by atoms with van der Waals surface area (Å²) < 4.78 is 5.26. The molecule has 1 aromatic carbocycles. The summed E-state index contributed by atoms with van der Waals surface area (Å²) in [5, 5.41) is 10.6. The molecule has 0 saturated carbocycles. The highest BCUT2D eigenvalue weighted by molar-refractivity contribution is 7.99. The average molecular weight is 336 g/mol. The van der Waals surface area contributed by atoms with Crippen LogP contribution in [0.1, 0.15) is 29.7 Å². The standard InChI is InChI=1S/C20H20N2OS/c1-3-12-24-20-17(13-21)19(14-8-10-15(23-2)11-9-14)16-6-4-5-7-18(16)22-20/h3,8-11H,1,4-7,12H2,2H3. The first-order valence-corrected chi connectivity index (χ1v) is 9.11. The number of thioether (sulfide) groups is 1. The Morgan fingerprint density at radius 1 is 1.29 bits per heavy atom. The molecule has 0 amide bonds. The van der Waals surface area contributed by atoms with E-state index in [1.165, 1.54) is 12.0 Å². The summed E-state index contributed by atoms with van der Waals surface area (Å²) in [5.74, 6) is 1.57. The van der Waals surface area contributed by atoms with E-state index < -0.39 is 0 Å². The van der Waals surface area contributed by atoms with Crippen LogP contribution in [0.4, 0.5) is 0 Å². The number of aryl methyl sites for hydroxylation is 1. The lowest BCUT2D eigenvalue weighted by molar-refractivity contribution is 0.415. The van der Waals surface area contributed by atoms with Crippen molar-refractivity contribution in [1.29, 1.82) is 5.26 Å². The zero-order chi connectivity index (χ0) is 16.9. The van der Waals surface area contributed by atoms with E-state index in [1.807, 2.05) is 30.3 Å². The molecule has 24 heavy (non-hydrogen) atoms. The van der Waals surface area contributed by atoms with E-state index in [0.29, 0.717) is 5.56 Å². The molecule has 0 N–H and O–H groups in total. The lowest BCUT2D eigenvalue weighted by atomic mass is 9.87. The molecule has 3 nitrogen and oxygen atoms in total. The number of fused-ring (bicyclic) bond motifs is 1. The second-order valence-corrected chi connectivity index (χ2v) is 6.75. The van der Waals surface area contributed by atoms with Gasteiger partial charge < -0.3 is 4.74 Å². The van der Waals surface area contributed by atoms with E-state index in [2.05, 4.69) is 12.6 Å². The molecular formula is C20H20N2OS. The van der Waals surface area contributed by atoms with E-state index in [0.717, 1.165) is 52.6 Å². The zero-order valence-electron chi connectivity index (χ0n) is 13.8. The fourth-order valence-corrected chi connectivity index (χ4v) is 3.88. The van der Waals surface area contributed by atoms with E-state index in [1.54, 1.807) is 18.9 Å². The minimum Gasteiger partial charge on any atom is -0.497 e. The minimum absolute atomic E-state index is 0.688. The van der Waals surface area contributed by atoms with Crippen molar-refractivity contribution in [1.82, 2.24) is 4.98 Å². The van der Waals surface area contributed by atoms with Gasteiger partial charge in [-0.15, -0.1) is 18.3 Å². The topological polar surface area (TPSA) is 45.9 Å². The highest BCUT2D eigenvalue weighted by Gasteiger charge is 2.23. The highest BCUT2D eigenvalue weighted by Crippen LogP contribution is 2.38. The Morgan fingerprint density at radius 3 is 2.71 bits per heavy atom. The van der Waals surface area contributed by atoms with Crippen LogP contribution in [0.5, 0.6) is 5.75 Å². The maximum atomic E-state index is 9.81. The second-order valence-electron chi connectivity index (χ2n) is 5.74. The molecule has 0 aliphatic heterocycles. The Hall–Kier alpha value is -2.25. The van der Waals surface area contributed by atoms with Gasteiger partial charge in [-0.3, -0.25) is 0 Å². The largest absolute Gasteiger partial charge is 0.497 e. The van der Waals surface area contributed by atoms with Gasteiger partial charge in [0, 0.05) is 17.0 Å². The van der Waals surface area contributed by atoms with Crippen LogP contribution in [-0.4, -0.2) is 17.8 Å². The lowest BCUT2D eigenvalue weighted by Crippen LogP contribution is -2.10. The Kier molecular flexibility index (Phi) is 5.22. The summed E-state index contributed by atoms with van der Waals surface area (Å²) >= 11 is 1.58. The fourth-order valence-electron chi connectivity index (χ4n) is 3.14. The summed E-state index contributed by atoms with van der Waals surface area (Å²) in [4.78, 5) is 4.81. The smallest absolute Gasteiger partial charge is 0.118 e. The van der Waals surface area contributed by atoms with Crippen LogP contribution in [-0.2, 0) is 12.8 Å². The van der Waals surface area contributed by atoms with Crippen molar-refractivity contribution in [3.8, 4) is 22.9 Å². The zero-order valence-corrected chi connectivity index (χ0v) is 14.7. The highest BCUT2D eigenvalue weighted by atomic mass is 32.2. The van der Waals surface area contributed by atoms with Crippen LogP contribution in [0.15, 0.2) is 41.9 Å². The Morgan fingerprint density at radius 2 is 2.04 bits per heavy atom. The SMILES string of the molecule is C=CCSc1nc2c(c(-c3ccc(OC)cc3)c1C#N)CCCC2. The summed E-state index contributed by atoms with van der Waals surface area (Å²) in [6.07, 6.45) is 6.15. The number of aromatic nitrogens is 1. The van der Waals surface area contributed by atoms with Gasteiger partial charge in [0.25, 0.3) is 0 Å². The molecule has 0 saturated heterocycles. The van der Waals surface area contributed by atoms with Gasteiger partial charge in [0.05, 0.1) is 12.7 Å². The molecule has 0 bridgehead atoms. The second kappa shape index (κ2) is 7.55. The monoisotopic (exact) mass is 336 g/mol. The summed E-state index contributed by atoms with van der Waals surface area (Å²) in [6.45, 7) is 3.77. The molecule has 1 aliphatic rings. The molecule has 0 fully saturated rings. The molecule has 122 valence electrons. The van der Waals surface area contributed by atoms with Crippen molar-refractivity contribution < 1.29 is 4.74 Å². The van der Waals surface area contributed by atoms with Gasteiger partial charge in [-0.05, 0) is 48.9 Å². The number of ether oxygens (including phenoxy) is 1. The predicted octanol–water partition coefficient (Wildman–Crippen LogP) is 4.79. The van der Waals surface area contributed by atoms with E-state index in [-0.39, 0.29) is 0 Å².